The van der Waals surface area contributed by atoms with Crippen LogP contribution >= 0.6 is 12.4 Å². The summed E-state index contributed by atoms with van der Waals surface area (Å²) < 4.78 is 0. The number of nitrogens with one attached hydrogen (secondary N) is 1. The van der Waals surface area contributed by atoms with Gasteiger partial charge in [0.15, 0.2) is 0 Å². The number of likely N-dealkylation sites (tertiary alicyclic amines) is 1. The van der Waals surface area contributed by atoms with Gasteiger partial charge >= 0.3 is 0 Å². The van der Waals surface area contributed by atoms with Gasteiger partial charge in [0.05, 0.1) is 4.92 Å². The molecule has 1 aromatic carbocycles. The molecule has 1 saturated heterocycles. The topological polar surface area (TPSA) is 58.4 Å². The van der Waals surface area contributed by atoms with E-state index in [1.807, 2.05) is 19.2 Å². The van der Waals surface area contributed by atoms with Gasteiger partial charge in [0.1, 0.15) is 0 Å². The van der Waals surface area contributed by atoms with Gasteiger partial charge in [-0.15, -0.1) is 12.4 Å². The standard InChI is InChI=1S/C12H17N3O2.ClH/c1-13-11-6-7-14(9-11)8-10-4-2-3-5-12(10)15(16)17;/h2-5,11,13H,6-9H2,1H3;1H. The van der Waals surface area contributed by atoms with Crippen molar-refractivity contribution < 1.29 is 4.92 Å². The Hall–Kier alpha value is -1.17. The molecule has 0 aromatic heterocycles. The lowest BCUT2D eigenvalue weighted by Crippen LogP contribution is -2.29. The average molecular weight is 272 g/mol. The van der Waals surface area contributed by atoms with Crippen molar-refractivity contribution in [3.63, 3.8) is 0 Å². The number of nitro benzene ring substituents is 1. The maximum absolute atomic E-state index is 10.9. The van der Waals surface area contributed by atoms with Crippen LogP contribution in [0, 0.1) is 10.1 Å². The highest BCUT2D eigenvalue weighted by atomic mass is 35.5. The Morgan fingerprint density at radius 1 is 1.50 bits per heavy atom. The molecule has 2 rings (SSSR count). The molecule has 1 heterocycles. The minimum absolute atomic E-state index is 0. The van der Waals surface area contributed by atoms with E-state index in [2.05, 4.69) is 10.2 Å². The summed E-state index contributed by atoms with van der Waals surface area (Å²) in [5.41, 5.74) is 1.02. The van der Waals surface area contributed by atoms with Crippen LogP contribution in [0.25, 0.3) is 0 Å². The van der Waals surface area contributed by atoms with Crippen LogP contribution in [0.15, 0.2) is 24.3 Å². The predicted octanol–water partition coefficient (Wildman–Crippen LogP) is 1.81. The third-order valence-electron chi connectivity index (χ3n) is 3.26. The molecule has 1 aliphatic heterocycles. The summed E-state index contributed by atoms with van der Waals surface area (Å²) in [6.07, 6.45) is 1.11. The average Bonchev–Trinajstić information content (AvgIpc) is 2.77. The Bertz CT molecular complexity index is 414. The van der Waals surface area contributed by atoms with Crippen LogP contribution in [-0.2, 0) is 6.54 Å². The fourth-order valence-corrected chi connectivity index (χ4v) is 2.28. The monoisotopic (exact) mass is 271 g/mol. The zero-order chi connectivity index (χ0) is 12.3. The SMILES string of the molecule is CNC1CCN(Cc2ccccc2[N+](=O)[O-])C1.Cl. The van der Waals surface area contributed by atoms with E-state index in [0.717, 1.165) is 25.1 Å². The number of hydrogen-bond acceptors (Lipinski definition) is 4. The number of halogens is 1. The molecule has 0 saturated carbocycles. The molecule has 100 valence electrons. The van der Waals surface area contributed by atoms with Crippen LogP contribution in [0.4, 0.5) is 5.69 Å². The fraction of sp³-hybridized carbons (Fsp3) is 0.500. The second-order valence-electron chi connectivity index (χ2n) is 4.40. The number of nitrogens with zero attached hydrogens (tertiary/aromatic N) is 2. The summed E-state index contributed by atoms with van der Waals surface area (Å²) in [4.78, 5) is 12.8. The first-order valence-corrected chi connectivity index (χ1v) is 5.82. The molecule has 1 fully saturated rings. The van der Waals surface area contributed by atoms with Gasteiger partial charge in [0.25, 0.3) is 5.69 Å². The van der Waals surface area contributed by atoms with Crippen molar-refractivity contribution in [2.24, 2.45) is 0 Å². The summed E-state index contributed by atoms with van der Waals surface area (Å²) in [5.74, 6) is 0. The van der Waals surface area contributed by atoms with Crippen molar-refractivity contribution in [3.05, 3.63) is 39.9 Å². The molecule has 1 atom stereocenters. The van der Waals surface area contributed by atoms with Gasteiger partial charge in [-0.2, -0.15) is 0 Å². The molecule has 0 spiro atoms. The number of benzene rings is 1. The van der Waals surface area contributed by atoms with Gasteiger partial charge in [-0.25, -0.2) is 0 Å². The van der Waals surface area contributed by atoms with Gasteiger partial charge in [-0.3, -0.25) is 15.0 Å². The molecule has 1 unspecified atom stereocenters. The molecule has 0 radical (unpaired) electrons. The van der Waals surface area contributed by atoms with E-state index in [4.69, 9.17) is 0 Å². The Morgan fingerprint density at radius 2 is 2.22 bits per heavy atom. The quantitative estimate of drug-likeness (QED) is 0.670. The third-order valence-corrected chi connectivity index (χ3v) is 3.26. The van der Waals surface area contributed by atoms with E-state index in [9.17, 15) is 10.1 Å². The summed E-state index contributed by atoms with van der Waals surface area (Å²) in [6.45, 7) is 2.62. The van der Waals surface area contributed by atoms with E-state index >= 15 is 0 Å². The van der Waals surface area contributed by atoms with Crippen LogP contribution in [0.2, 0.25) is 0 Å². The lowest BCUT2D eigenvalue weighted by atomic mass is 10.1. The van der Waals surface area contributed by atoms with Crippen LogP contribution < -0.4 is 5.32 Å². The summed E-state index contributed by atoms with van der Waals surface area (Å²) in [7, 11) is 1.96. The molecule has 18 heavy (non-hydrogen) atoms. The van der Waals surface area contributed by atoms with E-state index in [0.29, 0.717) is 12.6 Å². The molecule has 1 aliphatic rings. The smallest absolute Gasteiger partial charge is 0.273 e. The van der Waals surface area contributed by atoms with Crippen molar-refractivity contribution in [2.75, 3.05) is 20.1 Å². The maximum atomic E-state index is 10.9. The Labute approximate surface area is 113 Å². The first-order chi connectivity index (χ1) is 8.20. The second-order valence-corrected chi connectivity index (χ2v) is 4.40. The molecule has 5 nitrogen and oxygen atoms in total. The lowest BCUT2D eigenvalue weighted by Gasteiger charge is -2.15. The molecule has 1 N–H and O–H groups in total. The van der Waals surface area contributed by atoms with Gasteiger partial charge < -0.3 is 5.32 Å². The van der Waals surface area contributed by atoms with Crippen molar-refractivity contribution in [1.82, 2.24) is 10.2 Å². The highest BCUT2D eigenvalue weighted by Gasteiger charge is 2.23. The number of rotatable bonds is 4. The van der Waals surface area contributed by atoms with E-state index in [1.54, 1.807) is 12.1 Å². The third kappa shape index (κ3) is 3.41. The normalized spacial score (nSPS) is 19.5. The molecular weight excluding hydrogens is 254 g/mol. The number of nitro groups is 1. The first kappa shape index (κ1) is 14.9. The van der Waals surface area contributed by atoms with Crippen LogP contribution in [0.1, 0.15) is 12.0 Å². The minimum Gasteiger partial charge on any atom is -0.316 e. The van der Waals surface area contributed by atoms with Crippen molar-refractivity contribution in [3.8, 4) is 0 Å². The van der Waals surface area contributed by atoms with Crippen molar-refractivity contribution in [1.29, 1.82) is 0 Å². The molecule has 0 aliphatic carbocycles. The summed E-state index contributed by atoms with van der Waals surface area (Å²) in [5, 5.41) is 14.1. The lowest BCUT2D eigenvalue weighted by molar-refractivity contribution is -0.385. The summed E-state index contributed by atoms with van der Waals surface area (Å²) >= 11 is 0. The first-order valence-electron chi connectivity index (χ1n) is 5.82. The highest BCUT2D eigenvalue weighted by Crippen LogP contribution is 2.21. The number of hydrogen-bond donors (Lipinski definition) is 1. The summed E-state index contributed by atoms with van der Waals surface area (Å²) in [6, 6.07) is 7.49. The zero-order valence-corrected chi connectivity index (χ0v) is 11.2. The predicted molar refractivity (Wildman–Crippen MR) is 73.1 cm³/mol. The molecule has 6 heteroatoms. The zero-order valence-electron chi connectivity index (χ0n) is 10.3. The number of likely N-dealkylation sites (N-methyl/N-ethyl adjacent to an activating group) is 1. The Kier molecular flexibility index (Phi) is 5.53. The minimum atomic E-state index is -0.305. The van der Waals surface area contributed by atoms with Crippen molar-refractivity contribution >= 4 is 18.1 Å². The molecule has 1 aromatic rings. The van der Waals surface area contributed by atoms with E-state index < -0.39 is 0 Å². The van der Waals surface area contributed by atoms with Gasteiger partial charge in [0.2, 0.25) is 0 Å². The fourth-order valence-electron chi connectivity index (χ4n) is 2.28. The maximum Gasteiger partial charge on any atom is 0.273 e. The molecule has 0 bridgehead atoms. The van der Waals surface area contributed by atoms with Crippen LogP contribution in [-0.4, -0.2) is 36.0 Å². The Morgan fingerprint density at radius 3 is 2.83 bits per heavy atom. The van der Waals surface area contributed by atoms with Crippen LogP contribution in [0.5, 0.6) is 0 Å². The largest absolute Gasteiger partial charge is 0.316 e. The molecular formula is C12H18ClN3O2. The van der Waals surface area contributed by atoms with Crippen molar-refractivity contribution in [2.45, 2.75) is 19.0 Å². The molecule has 0 amide bonds. The highest BCUT2D eigenvalue weighted by molar-refractivity contribution is 5.85. The Balaban J connectivity index is 0.00000162. The van der Waals surface area contributed by atoms with Gasteiger partial charge in [-0.1, -0.05) is 18.2 Å². The van der Waals surface area contributed by atoms with Gasteiger partial charge in [0, 0.05) is 37.3 Å². The van der Waals surface area contributed by atoms with E-state index in [1.165, 1.54) is 0 Å². The van der Waals surface area contributed by atoms with Gasteiger partial charge in [-0.05, 0) is 13.5 Å². The van der Waals surface area contributed by atoms with E-state index in [-0.39, 0.29) is 23.0 Å². The van der Waals surface area contributed by atoms with Crippen LogP contribution in [0.3, 0.4) is 0 Å². The number of para-hydroxylation sites is 1. The second kappa shape index (κ2) is 6.68.